The van der Waals surface area contributed by atoms with Gasteiger partial charge < -0.3 is 4.74 Å². The van der Waals surface area contributed by atoms with E-state index in [1.807, 2.05) is 38.1 Å². The molecule has 1 aromatic heterocycles. The van der Waals surface area contributed by atoms with Crippen LogP contribution >= 0.6 is 0 Å². The number of hydrogen-bond donors (Lipinski definition) is 0. The van der Waals surface area contributed by atoms with Gasteiger partial charge in [0, 0.05) is 19.2 Å². The van der Waals surface area contributed by atoms with Crippen molar-refractivity contribution in [2.75, 3.05) is 6.61 Å². The second kappa shape index (κ2) is 6.18. The number of hydrogen-bond acceptors (Lipinski definition) is 3. The van der Waals surface area contributed by atoms with Crippen molar-refractivity contribution in [3.63, 3.8) is 0 Å². The lowest BCUT2D eigenvalue weighted by molar-refractivity contribution is 0.0952. The fraction of sp³-hybridized carbons (Fsp3) is 0.333. The lowest BCUT2D eigenvalue weighted by atomic mass is 10.2. The molecule has 2 aromatic rings. The van der Waals surface area contributed by atoms with Crippen molar-refractivity contribution in [2.24, 2.45) is 0 Å². The lowest BCUT2D eigenvalue weighted by Crippen LogP contribution is -2.12. The third-order valence-electron chi connectivity index (χ3n) is 2.89. The van der Waals surface area contributed by atoms with Gasteiger partial charge in [0.25, 0.3) is 0 Å². The molecular formula is C15H18N2O2. The van der Waals surface area contributed by atoms with E-state index in [9.17, 15) is 4.79 Å². The lowest BCUT2D eigenvalue weighted by Gasteiger charge is -2.07. The van der Waals surface area contributed by atoms with E-state index >= 15 is 0 Å². The molecule has 0 unspecified atom stereocenters. The van der Waals surface area contributed by atoms with Crippen molar-refractivity contribution in [3.8, 4) is 5.75 Å². The van der Waals surface area contributed by atoms with Crippen LogP contribution in [0.1, 0.15) is 29.4 Å². The number of Topliss-reactive ketones (excluding diaryl/α,β-unsaturated/α-hetero) is 1. The summed E-state index contributed by atoms with van der Waals surface area (Å²) in [5, 5.41) is 4.09. The summed E-state index contributed by atoms with van der Waals surface area (Å²) >= 11 is 0. The highest BCUT2D eigenvalue weighted by Gasteiger charge is 2.11. The van der Waals surface area contributed by atoms with Crippen molar-refractivity contribution in [3.05, 3.63) is 47.8 Å². The largest absolute Gasteiger partial charge is 0.493 e. The van der Waals surface area contributed by atoms with Gasteiger partial charge in [0.15, 0.2) is 5.78 Å². The van der Waals surface area contributed by atoms with Crippen molar-refractivity contribution >= 4 is 5.78 Å². The number of benzene rings is 1. The molecule has 4 nitrogen and oxygen atoms in total. The van der Waals surface area contributed by atoms with Gasteiger partial charge in [-0.3, -0.25) is 9.48 Å². The van der Waals surface area contributed by atoms with Gasteiger partial charge >= 0.3 is 0 Å². The first-order valence-electron chi connectivity index (χ1n) is 6.45. The van der Waals surface area contributed by atoms with Gasteiger partial charge in [-0.2, -0.15) is 5.10 Å². The van der Waals surface area contributed by atoms with Crippen LogP contribution in [-0.2, 0) is 6.54 Å². The predicted molar refractivity (Wildman–Crippen MR) is 73.5 cm³/mol. The van der Waals surface area contributed by atoms with Crippen LogP contribution in [0.25, 0.3) is 0 Å². The molecule has 4 heteroatoms. The molecule has 2 rings (SSSR count). The zero-order valence-corrected chi connectivity index (χ0v) is 11.3. The summed E-state index contributed by atoms with van der Waals surface area (Å²) < 4.78 is 7.28. The first-order chi connectivity index (χ1) is 9.20. The fourth-order valence-electron chi connectivity index (χ4n) is 1.92. The van der Waals surface area contributed by atoms with Gasteiger partial charge in [0.1, 0.15) is 11.4 Å². The van der Waals surface area contributed by atoms with Crippen molar-refractivity contribution in [2.45, 2.75) is 26.8 Å². The van der Waals surface area contributed by atoms with Crippen LogP contribution in [0, 0.1) is 6.92 Å². The molecule has 0 N–H and O–H groups in total. The second-order valence-corrected chi connectivity index (χ2v) is 4.37. The Kier molecular flexibility index (Phi) is 4.34. The minimum Gasteiger partial charge on any atom is -0.493 e. The zero-order valence-electron chi connectivity index (χ0n) is 11.3. The van der Waals surface area contributed by atoms with Crippen LogP contribution in [0.5, 0.6) is 5.75 Å². The van der Waals surface area contributed by atoms with E-state index < -0.39 is 0 Å². The van der Waals surface area contributed by atoms with Crippen LogP contribution in [0.2, 0.25) is 0 Å². The maximum absolute atomic E-state index is 12.0. The second-order valence-electron chi connectivity index (χ2n) is 4.37. The van der Waals surface area contributed by atoms with E-state index in [0.717, 1.165) is 11.3 Å². The summed E-state index contributed by atoms with van der Waals surface area (Å²) in [5.74, 6) is 0.865. The van der Waals surface area contributed by atoms with E-state index in [-0.39, 0.29) is 5.78 Å². The Balaban J connectivity index is 1.88. The molecule has 0 aliphatic carbocycles. The van der Waals surface area contributed by atoms with Crippen LogP contribution < -0.4 is 4.74 Å². The van der Waals surface area contributed by atoms with Crippen molar-refractivity contribution in [1.29, 1.82) is 0 Å². The first-order valence-corrected chi connectivity index (χ1v) is 6.45. The summed E-state index contributed by atoms with van der Waals surface area (Å²) in [5.41, 5.74) is 1.79. The standard InChI is InChI=1S/C15H18N2O2/c1-3-17-14(7-9-16-17)15(18)8-10-19-13-6-4-5-12(2)11-13/h4-7,9,11H,3,8,10H2,1-2H3. The van der Waals surface area contributed by atoms with E-state index in [2.05, 4.69) is 5.10 Å². The Morgan fingerprint density at radius 2 is 2.21 bits per heavy atom. The summed E-state index contributed by atoms with van der Waals surface area (Å²) in [7, 11) is 0. The highest BCUT2D eigenvalue weighted by Crippen LogP contribution is 2.13. The molecular weight excluding hydrogens is 240 g/mol. The number of carbonyl (C=O) groups excluding carboxylic acids is 1. The number of aryl methyl sites for hydroxylation is 2. The first kappa shape index (κ1) is 13.3. The summed E-state index contributed by atoms with van der Waals surface area (Å²) in [6, 6.07) is 9.56. The molecule has 1 heterocycles. The van der Waals surface area contributed by atoms with E-state index in [4.69, 9.17) is 4.74 Å². The smallest absolute Gasteiger partial charge is 0.184 e. The number of aromatic nitrogens is 2. The summed E-state index contributed by atoms with van der Waals surface area (Å²) in [4.78, 5) is 12.0. The number of ketones is 1. The van der Waals surface area contributed by atoms with Gasteiger partial charge in [0.2, 0.25) is 0 Å². The van der Waals surface area contributed by atoms with Crippen LogP contribution in [-0.4, -0.2) is 22.2 Å². The van der Waals surface area contributed by atoms with Gasteiger partial charge in [-0.25, -0.2) is 0 Å². The fourth-order valence-corrected chi connectivity index (χ4v) is 1.92. The Hall–Kier alpha value is -2.10. The summed E-state index contributed by atoms with van der Waals surface area (Å²) in [6.07, 6.45) is 2.01. The molecule has 0 bridgehead atoms. The molecule has 0 spiro atoms. The van der Waals surface area contributed by atoms with Crippen molar-refractivity contribution < 1.29 is 9.53 Å². The van der Waals surface area contributed by atoms with Gasteiger partial charge in [-0.15, -0.1) is 0 Å². The number of rotatable bonds is 6. The Morgan fingerprint density at radius 1 is 1.37 bits per heavy atom. The molecule has 0 atom stereocenters. The van der Waals surface area contributed by atoms with Gasteiger partial charge in [-0.1, -0.05) is 12.1 Å². The number of nitrogens with zero attached hydrogens (tertiary/aromatic N) is 2. The highest BCUT2D eigenvalue weighted by atomic mass is 16.5. The van der Waals surface area contributed by atoms with E-state index in [0.29, 0.717) is 25.3 Å². The minimum atomic E-state index is 0.0620. The zero-order chi connectivity index (χ0) is 13.7. The Bertz CT molecular complexity index is 561. The van der Waals surface area contributed by atoms with Gasteiger partial charge in [-0.05, 0) is 37.6 Å². The van der Waals surface area contributed by atoms with Crippen molar-refractivity contribution in [1.82, 2.24) is 9.78 Å². The molecule has 0 saturated carbocycles. The third kappa shape index (κ3) is 3.44. The minimum absolute atomic E-state index is 0.0620. The predicted octanol–water partition coefficient (Wildman–Crippen LogP) is 2.86. The molecule has 0 fully saturated rings. The van der Waals surface area contributed by atoms with Crippen LogP contribution in [0.3, 0.4) is 0 Å². The average molecular weight is 258 g/mol. The molecule has 0 saturated heterocycles. The molecule has 0 aliphatic rings. The highest BCUT2D eigenvalue weighted by molar-refractivity contribution is 5.94. The molecule has 100 valence electrons. The van der Waals surface area contributed by atoms with Crippen LogP contribution in [0.4, 0.5) is 0 Å². The summed E-state index contributed by atoms with van der Waals surface area (Å²) in [6.45, 7) is 5.06. The molecule has 1 aromatic carbocycles. The Labute approximate surface area is 113 Å². The van der Waals surface area contributed by atoms with E-state index in [1.165, 1.54) is 0 Å². The molecule has 0 aliphatic heterocycles. The molecule has 0 amide bonds. The maximum atomic E-state index is 12.0. The topological polar surface area (TPSA) is 44.1 Å². The molecule has 19 heavy (non-hydrogen) atoms. The monoisotopic (exact) mass is 258 g/mol. The third-order valence-corrected chi connectivity index (χ3v) is 2.89. The average Bonchev–Trinajstić information content (AvgIpc) is 2.87. The Morgan fingerprint density at radius 3 is 2.95 bits per heavy atom. The quantitative estimate of drug-likeness (QED) is 0.748. The number of carbonyl (C=O) groups is 1. The number of ether oxygens (including phenoxy) is 1. The van der Waals surface area contributed by atoms with Gasteiger partial charge in [0.05, 0.1) is 6.61 Å². The van der Waals surface area contributed by atoms with E-state index in [1.54, 1.807) is 16.9 Å². The molecule has 0 radical (unpaired) electrons. The maximum Gasteiger partial charge on any atom is 0.184 e. The normalized spacial score (nSPS) is 10.4. The SMILES string of the molecule is CCn1nccc1C(=O)CCOc1cccc(C)c1. The van der Waals surface area contributed by atoms with Crippen LogP contribution in [0.15, 0.2) is 36.5 Å².